The molecular weight excluding hydrogens is 228 g/mol. The van der Waals surface area contributed by atoms with Gasteiger partial charge >= 0.3 is 0 Å². The Kier molecular flexibility index (Phi) is 3.46. The van der Waals surface area contributed by atoms with Crippen LogP contribution in [0.3, 0.4) is 0 Å². The molecule has 0 aliphatic heterocycles. The molecular formula is C14H16N2O2. The number of aromatic nitrogens is 2. The zero-order valence-corrected chi connectivity index (χ0v) is 10.8. The molecule has 18 heavy (non-hydrogen) atoms. The molecule has 0 spiro atoms. The Balaban J connectivity index is 2.04. The van der Waals surface area contributed by atoms with Gasteiger partial charge in [0.15, 0.2) is 0 Å². The maximum absolute atomic E-state index is 5.73. The summed E-state index contributed by atoms with van der Waals surface area (Å²) in [7, 11) is 0. The maximum atomic E-state index is 5.73. The predicted molar refractivity (Wildman–Crippen MR) is 68.9 cm³/mol. The Morgan fingerprint density at radius 2 is 1.61 bits per heavy atom. The summed E-state index contributed by atoms with van der Waals surface area (Å²) in [6, 6.07) is 9.16. The molecule has 4 nitrogen and oxygen atoms in total. The molecule has 2 rings (SSSR count). The zero-order chi connectivity index (χ0) is 13.0. The first-order chi connectivity index (χ1) is 8.53. The molecule has 0 radical (unpaired) electrons. The molecule has 0 aliphatic rings. The summed E-state index contributed by atoms with van der Waals surface area (Å²) in [4.78, 5) is 7.82. The molecule has 94 valence electrons. The Bertz CT molecular complexity index is 489. The Labute approximate surface area is 107 Å². The molecule has 4 heteroatoms. The molecule has 0 saturated heterocycles. The van der Waals surface area contributed by atoms with E-state index in [9.17, 15) is 0 Å². The number of nitrogens with zero attached hydrogens (tertiary/aromatic N) is 2. The van der Waals surface area contributed by atoms with E-state index in [1.54, 1.807) is 12.3 Å². The van der Waals surface area contributed by atoms with Crippen LogP contribution in [0.25, 0.3) is 0 Å². The highest BCUT2D eigenvalue weighted by molar-refractivity contribution is 5.33. The van der Waals surface area contributed by atoms with Crippen LogP contribution in [0.2, 0.25) is 0 Å². The number of rotatable bonds is 3. The van der Waals surface area contributed by atoms with Crippen LogP contribution in [0, 0.1) is 0 Å². The first-order valence-electron chi connectivity index (χ1n) is 5.76. The van der Waals surface area contributed by atoms with Gasteiger partial charge in [-0.2, -0.15) is 0 Å². The second-order valence-electron chi connectivity index (χ2n) is 4.84. The smallest absolute Gasteiger partial charge is 0.222 e. The lowest BCUT2D eigenvalue weighted by atomic mass is 10.2. The van der Waals surface area contributed by atoms with Crippen LogP contribution in [-0.4, -0.2) is 15.6 Å². The zero-order valence-electron chi connectivity index (χ0n) is 10.8. The molecule has 0 N–H and O–H groups in total. The third kappa shape index (κ3) is 3.73. The van der Waals surface area contributed by atoms with Gasteiger partial charge in [0.1, 0.15) is 23.4 Å². The van der Waals surface area contributed by atoms with E-state index < -0.39 is 0 Å². The molecule has 1 aromatic heterocycles. The van der Waals surface area contributed by atoms with Crippen LogP contribution < -0.4 is 9.47 Å². The minimum atomic E-state index is -0.199. The van der Waals surface area contributed by atoms with Crippen molar-refractivity contribution in [1.82, 2.24) is 9.97 Å². The third-order valence-electron chi connectivity index (χ3n) is 2.03. The van der Waals surface area contributed by atoms with Crippen molar-refractivity contribution < 1.29 is 9.47 Å². The fourth-order valence-corrected chi connectivity index (χ4v) is 1.39. The Morgan fingerprint density at radius 3 is 2.17 bits per heavy atom. The van der Waals surface area contributed by atoms with Gasteiger partial charge in [0, 0.05) is 12.3 Å². The largest absolute Gasteiger partial charge is 0.488 e. The molecule has 1 aromatic carbocycles. The number of ether oxygens (including phenoxy) is 2. The summed E-state index contributed by atoms with van der Waals surface area (Å²) in [5.74, 6) is 2.06. The van der Waals surface area contributed by atoms with Gasteiger partial charge in [-0.15, -0.1) is 0 Å². The highest BCUT2D eigenvalue weighted by Crippen LogP contribution is 2.24. The van der Waals surface area contributed by atoms with Crippen LogP contribution in [0.5, 0.6) is 17.4 Å². The quantitative estimate of drug-likeness (QED) is 0.829. The van der Waals surface area contributed by atoms with Gasteiger partial charge in [-0.3, -0.25) is 0 Å². The summed E-state index contributed by atoms with van der Waals surface area (Å²) in [5, 5.41) is 0. The molecule has 0 aliphatic carbocycles. The molecule has 0 saturated carbocycles. The number of benzene rings is 1. The molecule has 0 fully saturated rings. The fraction of sp³-hybridized carbons (Fsp3) is 0.286. The van der Waals surface area contributed by atoms with Crippen molar-refractivity contribution in [2.45, 2.75) is 26.4 Å². The van der Waals surface area contributed by atoms with E-state index in [1.165, 1.54) is 6.33 Å². The third-order valence-corrected chi connectivity index (χ3v) is 2.03. The number of hydrogen-bond donors (Lipinski definition) is 0. The van der Waals surface area contributed by atoms with Gasteiger partial charge in [-0.05, 0) is 45.0 Å². The summed E-state index contributed by atoms with van der Waals surface area (Å²) in [6.07, 6.45) is 3.09. The van der Waals surface area contributed by atoms with E-state index in [1.807, 2.05) is 45.0 Å². The average Bonchev–Trinajstić information content (AvgIpc) is 2.31. The van der Waals surface area contributed by atoms with E-state index in [2.05, 4.69) is 9.97 Å². The fourth-order valence-electron chi connectivity index (χ4n) is 1.39. The van der Waals surface area contributed by atoms with E-state index >= 15 is 0 Å². The average molecular weight is 244 g/mol. The van der Waals surface area contributed by atoms with Gasteiger partial charge in [-0.25, -0.2) is 9.97 Å². The SMILES string of the molecule is CC(C)(C)Oc1ccc(Oc2ccncn2)cc1. The Hall–Kier alpha value is -2.10. The molecule has 0 unspecified atom stereocenters. The lowest BCUT2D eigenvalue weighted by Crippen LogP contribution is -2.22. The topological polar surface area (TPSA) is 44.2 Å². The van der Waals surface area contributed by atoms with Gasteiger partial charge in [0.25, 0.3) is 0 Å². The molecule has 0 bridgehead atoms. The van der Waals surface area contributed by atoms with E-state index in [-0.39, 0.29) is 5.60 Å². The van der Waals surface area contributed by atoms with Crippen molar-refractivity contribution in [2.75, 3.05) is 0 Å². The van der Waals surface area contributed by atoms with Gasteiger partial charge in [-0.1, -0.05) is 0 Å². The highest BCUT2D eigenvalue weighted by Gasteiger charge is 2.11. The monoisotopic (exact) mass is 244 g/mol. The first kappa shape index (κ1) is 12.4. The van der Waals surface area contributed by atoms with Gasteiger partial charge < -0.3 is 9.47 Å². The lowest BCUT2D eigenvalue weighted by molar-refractivity contribution is 0.131. The van der Waals surface area contributed by atoms with Crippen molar-refractivity contribution in [1.29, 1.82) is 0 Å². The van der Waals surface area contributed by atoms with Gasteiger partial charge in [0.2, 0.25) is 5.88 Å². The summed E-state index contributed by atoms with van der Waals surface area (Å²) < 4.78 is 11.3. The van der Waals surface area contributed by atoms with Crippen LogP contribution in [0.4, 0.5) is 0 Å². The van der Waals surface area contributed by atoms with Gasteiger partial charge in [0.05, 0.1) is 0 Å². The predicted octanol–water partition coefficient (Wildman–Crippen LogP) is 3.45. The van der Waals surface area contributed by atoms with Crippen molar-refractivity contribution in [3.8, 4) is 17.4 Å². The van der Waals surface area contributed by atoms with E-state index in [0.717, 1.165) is 11.5 Å². The summed E-state index contributed by atoms with van der Waals surface area (Å²) in [5.41, 5.74) is -0.199. The number of hydrogen-bond acceptors (Lipinski definition) is 4. The normalized spacial score (nSPS) is 11.1. The minimum absolute atomic E-state index is 0.199. The van der Waals surface area contributed by atoms with E-state index in [0.29, 0.717) is 5.88 Å². The maximum Gasteiger partial charge on any atom is 0.222 e. The van der Waals surface area contributed by atoms with Crippen LogP contribution in [-0.2, 0) is 0 Å². The van der Waals surface area contributed by atoms with E-state index in [4.69, 9.17) is 9.47 Å². The first-order valence-corrected chi connectivity index (χ1v) is 5.76. The summed E-state index contributed by atoms with van der Waals surface area (Å²) >= 11 is 0. The van der Waals surface area contributed by atoms with Crippen molar-refractivity contribution in [3.05, 3.63) is 42.9 Å². The van der Waals surface area contributed by atoms with Crippen molar-refractivity contribution in [2.24, 2.45) is 0 Å². The van der Waals surface area contributed by atoms with Crippen molar-refractivity contribution >= 4 is 0 Å². The molecule has 2 aromatic rings. The lowest BCUT2D eigenvalue weighted by Gasteiger charge is -2.21. The molecule has 1 heterocycles. The second-order valence-corrected chi connectivity index (χ2v) is 4.84. The minimum Gasteiger partial charge on any atom is -0.488 e. The Morgan fingerprint density at radius 1 is 0.944 bits per heavy atom. The highest BCUT2D eigenvalue weighted by atomic mass is 16.5. The standard InChI is InChI=1S/C14H16N2O2/c1-14(2,3)18-12-6-4-11(5-7-12)17-13-8-9-15-10-16-13/h4-10H,1-3H3. The van der Waals surface area contributed by atoms with Crippen LogP contribution in [0.1, 0.15) is 20.8 Å². The van der Waals surface area contributed by atoms with Crippen LogP contribution >= 0.6 is 0 Å². The van der Waals surface area contributed by atoms with Crippen LogP contribution in [0.15, 0.2) is 42.9 Å². The summed E-state index contributed by atoms with van der Waals surface area (Å²) in [6.45, 7) is 6.04. The molecule has 0 amide bonds. The van der Waals surface area contributed by atoms with Crippen molar-refractivity contribution in [3.63, 3.8) is 0 Å². The molecule has 0 atom stereocenters. The second kappa shape index (κ2) is 5.04.